The van der Waals surface area contributed by atoms with Crippen LogP contribution in [0.25, 0.3) is 50.4 Å². The first-order valence-electron chi connectivity index (χ1n) is 15.6. The van der Waals surface area contributed by atoms with Crippen molar-refractivity contribution >= 4 is 45.3 Å². The van der Waals surface area contributed by atoms with E-state index in [-0.39, 0.29) is 11.8 Å². The van der Waals surface area contributed by atoms with Crippen LogP contribution in [0.3, 0.4) is 0 Å². The van der Waals surface area contributed by atoms with Crippen LogP contribution in [0.15, 0.2) is 79.4 Å². The smallest absolute Gasteiger partial charge is 0.420 e. The van der Waals surface area contributed by atoms with Crippen LogP contribution in [0.4, 0.5) is 14.5 Å². The van der Waals surface area contributed by atoms with Crippen molar-refractivity contribution in [3.05, 3.63) is 102 Å². The SMILES string of the molecule is C[C@@H]1COCc2nc3cc(C(=O)Nc4ccc(OC(F)(F)Cl)cc4)cc(-c4cnc5c(c4)-c4nn(-c6ncc7cccnc7n6)cc4C5)c3n21. The number of alkyl halides is 3. The molecule has 5 aromatic heterocycles. The summed E-state index contributed by atoms with van der Waals surface area (Å²) in [6, 6.07) is 14.8. The lowest BCUT2D eigenvalue weighted by Crippen LogP contribution is -2.21. The maximum absolute atomic E-state index is 13.6. The number of hydrogen-bond acceptors (Lipinski definition) is 9. The molecule has 0 radical (unpaired) electrons. The number of imidazole rings is 1. The Morgan fingerprint density at radius 2 is 1.92 bits per heavy atom. The molecule has 15 heteroatoms. The van der Waals surface area contributed by atoms with Crippen LogP contribution < -0.4 is 10.1 Å². The Labute approximate surface area is 286 Å². The summed E-state index contributed by atoms with van der Waals surface area (Å²) in [5, 5.41) is 8.53. The van der Waals surface area contributed by atoms with E-state index in [0.29, 0.717) is 48.0 Å². The summed E-state index contributed by atoms with van der Waals surface area (Å²) in [5.74, 6) is 0.604. The van der Waals surface area contributed by atoms with Crippen molar-refractivity contribution < 1.29 is 23.0 Å². The number of nitrogens with zero attached hydrogens (tertiary/aromatic N) is 8. The third kappa shape index (κ3) is 5.29. The number of carbonyl (C=O) groups excluding carboxylic acids is 1. The van der Waals surface area contributed by atoms with Crippen molar-refractivity contribution in [2.24, 2.45) is 0 Å². The molecule has 0 saturated carbocycles. The summed E-state index contributed by atoms with van der Waals surface area (Å²) in [5.41, 5.74) is 4.02. The Kier molecular flexibility index (Phi) is 6.86. The van der Waals surface area contributed by atoms with Crippen molar-refractivity contribution in [2.75, 3.05) is 11.9 Å². The van der Waals surface area contributed by atoms with Gasteiger partial charge in [0.1, 0.15) is 18.2 Å². The van der Waals surface area contributed by atoms with Gasteiger partial charge in [-0.3, -0.25) is 9.78 Å². The Balaban J connectivity index is 1.10. The van der Waals surface area contributed by atoms with Crippen molar-refractivity contribution in [3.8, 4) is 34.1 Å². The molecule has 0 saturated heterocycles. The Morgan fingerprint density at radius 3 is 2.76 bits per heavy atom. The molecule has 1 N–H and O–H groups in total. The van der Waals surface area contributed by atoms with Gasteiger partial charge in [-0.15, -0.1) is 8.78 Å². The van der Waals surface area contributed by atoms with Crippen molar-refractivity contribution in [1.82, 2.24) is 39.3 Å². The number of amides is 1. The molecule has 50 heavy (non-hydrogen) atoms. The number of carbonyl (C=O) groups is 1. The summed E-state index contributed by atoms with van der Waals surface area (Å²) >= 11 is 4.87. The highest BCUT2D eigenvalue weighted by Gasteiger charge is 2.29. The van der Waals surface area contributed by atoms with Crippen LogP contribution >= 0.6 is 11.6 Å². The number of benzene rings is 2. The molecule has 12 nitrogen and oxygen atoms in total. The molecule has 1 aliphatic carbocycles. The normalized spacial score (nSPS) is 15.2. The first-order valence-corrected chi connectivity index (χ1v) is 16.0. The molecule has 0 spiro atoms. The second kappa shape index (κ2) is 11.4. The number of pyridine rings is 2. The van der Waals surface area contributed by atoms with Gasteiger partial charge in [-0.25, -0.2) is 19.6 Å². The van der Waals surface area contributed by atoms with Gasteiger partial charge in [-0.2, -0.15) is 10.1 Å². The maximum atomic E-state index is 13.6. The van der Waals surface area contributed by atoms with Crippen molar-refractivity contribution in [3.63, 3.8) is 0 Å². The summed E-state index contributed by atoms with van der Waals surface area (Å²) < 4.78 is 40.1. The highest BCUT2D eigenvalue weighted by Crippen LogP contribution is 2.40. The zero-order valence-corrected chi connectivity index (χ0v) is 26.9. The predicted molar refractivity (Wildman–Crippen MR) is 179 cm³/mol. The molecule has 6 heterocycles. The van der Waals surface area contributed by atoms with Crippen LogP contribution in [0.2, 0.25) is 0 Å². The quantitative estimate of drug-likeness (QED) is 0.189. The predicted octanol–water partition coefficient (Wildman–Crippen LogP) is 6.70. The Hall–Kier alpha value is -5.86. The van der Waals surface area contributed by atoms with E-state index in [9.17, 15) is 13.6 Å². The molecule has 1 atom stereocenters. The lowest BCUT2D eigenvalue weighted by atomic mass is 9.99. The second-order valence-corrected chi connectivity index (χ2v) is 12.5. The molecule has 9 rings (SSSR count). The lowest BCUT2D eigenvalue weighted by molar-refractivity contribution is -0.0964. The number of rotatable bonds is 6. The number of nitrogens with one attached hydrogen (secondary N) is 1. The van der Waals surface area contributed by atoms with Gasteiger partial charge in [0, 0.05) is 81.7 Å². The van der Waals surface area contributed by atoms with E-state index in [2.05, 4.69) is 36.5 Å². The van der Waals surface area contributed by atoms with Gasteiger partial charge >= 0.3 is 5.57 Å². The minimum atomic E-state index is -3.85. The molecule has 248 valence electrons. The molecule has 1 aliphatic heterocycles. The van der Waals surface area contributed by atoms with Gasteiger partial charge in [0.05, 0.1) is 35.1 Å². The number of halogens is 3. The first-order chi connectivity index (χ1) is 24.2. The molecule has 1 amide bonds. The van der Waals surface area contributed by atoms with Crippen molar-refractivity contribution in [1.29, 1.82) is 0 Å². The lowest BCUT2D eigenvalue weighted by Gasteiger charge is -2.23. The van der Waals surface area contributed by atoms with E-state index in [1.807, 2.05) is 36.7 Å². The van der Waals surface area contributed by atoms with Crippen LogP contribution in [-0.4, -0.2) is 57.3 Å². The molecular weight excluding hydrogens is 668 g/mol. The Morgan fingerprint density at radius 1 is 1.06 bits per heavy atom. The molecule has 2 aromatic carbocycles. The van der Waals surface area contributed by atoms with E-state index in [0.717, 1.165) is 50.4 Å². The number of fused-ring (bicyclic) bond motifs is 7. The molecular formula is C35H24ClF2N9O3. The standard InChI is InChI=1S/C35H24ClF2N9O3/c1-18-16-49-17-29-43-28-11-20(33(48)42-23-4-6-24(7-5-23)50-35(36,37)38)9-25(31(28)47(18)29)21-10-26-27(40-14-21)12-22-15-46(45-30(22)26)34-41-13-19-3-2-8-39-32(19)44-34/h2-11,13-15,18H,12,16-17H2,1H3,(H,42,48)/t18-/m1/s1. The number of hydrogen-bond donors (Lipinski definition) is 1. The van der Waals surface area contributed by atoms with E-state index in [1.165, 1.54) is 24.3 Å². The highest BCUT2D eigenvalue weighted by atomic mass is 35.5. The third-order valence-electron chi connectivity index (χ3n) is 8.73. The fourth-order valence-corrected chi connectivity index (χ4v) is 6.63. The number of aromatic nitrogens is 8. The minimum Gasteiger partial charge on any atom is -0.420 e. The van der Waals surface area contributed by atoms with Crippen LogP contribution in [0.5, 0.6) is 5.75 Å². The molecule has 0 bridgehead atoms. The fraction of sp³-hybridized carbons (Fsp3) is 0.171. The first kappa shape index (κ1) is 30.2. The van der Waals surface area contributed by atoms with Gasteiger partial charge in [-0.05, 0) is 61.5 Å². The van der Waals surface area contributed by atoms with E-state index >= 15 is 0 Å². The zero-order chi connectivity index (χ0) is 34.1. The summed E-state index contributed by atoms with van der Waals surface area (Å²) in [4.78, 5) is 36.8. The topological polar surface area (TPSA) is 135 Å². The van der Waals surface area contributed by atoms with E-state index in [1.54, 1.807) is 23.1 Å². The van der Waals surface area contributed by atoms with Gasteiger partial charge in [0.25, 0.3) is 11.9 Å². The third-order valence-corrected chi connectivity index (χ3v) is 8.81. The molecule has 2 aliphatic rings. The fourth-order valence-electron chi connectivity index (χ4n) is 6.55. The van der Waals surface area contributed by atoms with Crippen LogP contribution in [0, 0.1) is 0 Å². The highest BCUT2D eigenvalue weighted by molar-refractivity contribution is 6.20. The molecule has 0 fully saturated rings. The summed E-state index contributed by atoms with van der Waals surface area (Å²) in [6.45, 7) is 2.92. The second-order valence-electron chi connectivity index (χ2n) is 12.1. The van der Waals surface area contributed by atoms with Gasteiger partial charge in [0.2, 0.25) is 0 Å². The largest absolute Gasteiger partial charge is 0.487 e. The zero-order valence-electron chi connectivity index (χ0n) is 26.1. The average Bonchev–Trinajstić information content (AvgIpc) is 3.79. The van der Waals surface area contributed by atoms with Crippen LogP contribution in [0.1, 0.15) is 40.4 Å². The van der Waals surface area contributed by atoms with Gasteiger partial charge < -0.3 is 19.4 Å². The summed E-state index contributed by atoms with van der Waals surface area (Å²) in [6.07, 6.45) is 7.73. The maximum Gasteiger partial charge on any atom is 0.487 e. The summed E-state index contributed by atoms with van der Waals surface area (Å²) in [7, 11) is 0. The molecule has 0 unspecified atom stereocenters. The molecule has 7 aromatic rings. The van der Waals surface area contributed by atoms with Gasteiger partial charge in [-0.1, -0.05) is 0 Å². The average molecular weight is 692 g/mol. The number of ether oxygens (including phenoxy) is 2. The monoisotopic (exact) mass is 691 g/mol. The number of anilines is 1. The minimum absolute atomic E-state index is 0.00408. The van der Waals surface area contributed by atoms with E-state index < -0.39 is 11.5 Å². The van der Waals surface area contributed by atoms with Crippen molar-refractivity contribution in [2.45, 2.75) is 31.6 Å². The van der Waals surface area contributed by atoms with Gasteiger partial charge in [0.15, 0.2) is 5.65 Å². The van der Waals surface area contributed by atoms with E-state index in [4.69, 9.17) is 31.4 Å². The Bertz CT molecular complexity index is 2490. The van der Waals surface area contributed by atoms with Crippen LogP contribution in [-0.2, 0) is 17.8 Å².